The van der Waals surface area contributed by atoms with Crippen molar-refractivity contribution in [3.63, 3.8) is 0 Å². The molecule has 3 fully saturated rings. The third-order valence-corrected chi connectivity index (χ3v) is 6.59. The molecule has 2 aliphatic heterocycles. The summed E-state index contributed by atoms with van der Waals surface area (Å²) in [6.45, 7) is 4.93. The maximum Gasteiger partial charge on any atom is 0.122 e. The van der Waals surface area contributed by atoms with Crippen molar-refractivity contribution in [2.24, 2.45) is 5.41 Å². The topological polar surface area (TPSA) is 24.5 Å². The second-order valence-corrected chi connectivity index (χ2v) is 8.13. The summed E-state index contributed by atoms with van der Waals surface area (Å²) in [4.78, 5) is 2.75. The van der Waals surface area contributed by atoms with Crippen LogP contribution in [0.5, 0.6) is 5.75 Å². The molecule has 1 aromatic carbocycles. The Hall–Kier alpha value is -0.770. The number of nitrogens with one attached hydrogen (secondary N) is 1. The van der Waals surface area contributed by atoms with Crippen molar-refractivity contribution in [2.75, 3.05) is 33.3 Å². The van der Waals surface area contributed by atoms with Gasteiger partial charge in [0, 0.05) is 24.2 Å². The van der Waals surface area contributed by atoms with Gasteiger partial charge in [-0.05, 0) is 80.3 Å². The molecule has 1 aromatic rings. The SMILES string of the molecule is COc1ccc(Cl)cc1C1CCN(C2CCC3(CNC3)C2)CC1. The van der Waals surface area contributed by atoms with Gasteiger partial charge >= 0.3 is 0 Å². The van der Waals surface area contributed by atoms with Crippen LogP contribution in [0.3, 0.4) is 0 Å². The smallest absolute Gasteiger partial charge is 0.122 e. The van der Waals surface area contributed by atoms with Crippen molar-refractivity contribution < 1.29 is 4.74 Å². The van der Waals surface area contributed by atoms with E-state index in [9.17, 15) is 0 Å². The van der Waals surface area contributed by atoms with Crippen LogP contribution in [0.4, 0.5) is 0 Å². The second kappa shape index (κ2) is 6.27. The summed E-state index contributed by atoms with van der Waals surface area (Å²) in [6, 6.07) is 6.85. The van der Waals surface area contributed by atoms with E-state index in [1.54, 1.807) is 7.11 Å². The molecule has 3 aliphatic rings. The summed E-state index contributed by atoms with van der Waals surface area (Å²) in [6.07, 6.45) is 6.67. The minimum Gasteiger partial charge on any atom is -0.496 e. The van der Waals surface area contributed by atoms with E-state index in [4.69, 9.17) is 16.3 Å². The maximum atomic E-state index is 6.21. The Balaban J connectivity index is 1.39. The van der Waals surface area contributed by atoms with Crippen LogP contribution in [-0.4, -0.2) is 44.2 Å². The predicted octanol–water partition coefficient (Wildman–Crippen LogP) is 3.67. The lowest BCUT2D eigenvalue weighted by Gasteiger charge is -2.41. The number of hydrogen-bond donors (Lipinski definition) is 1. The zero-order valence-corrected chi connectivity index (χ0v) is 14.7. The molecule has 1 unspecified atom stereocenters. The van der Waals surface area contributed by atoms with Crippen LogP contribution in [0.1, 0.15) is 43.6 Å². The Labute approximate surface area is 144 Å². The first-order chi connectivity index (χ1) is 11.2. The highest BCUT2D eigenvalue weighted by Crippen LogP contribution is 2.44. The summed E-state index contributed by atoms with van der Waals surface area (Å²) < 4.78 is 5.55. The van der Waals surface area contributed by atoms with Gasteiger partial charge in [0.15, 0.2) is 0 Å². The van der Waals surface area contributed by atoms with E-state index in [0.29, 0.717) is 11.3 Å². The average molecular weight is 335 g/mol. The number of hydrogen-bond acceptors (Lipinski definition) is 3. The zero-order valence-electron chi connectivity index (χ0n) is 14.0. The normalized spacial score (nSPS) is 28.0. The monoisotopic (exact) mass is 334 g/mol. The van der Waals surface area contributed by atoms with Gasteiger partial charge in [-0.3, -0.25) is 0 Å². The lowest BCUT2D eigenvalue weighted by molar-refractivity contribution is 0.120. The first kappa shape index (κ1) is 15.7. The van der Waals surface area contributed by atoms with Crippen LogP contribution < -0.4 is 10.1 Å². The Morgan fingerprint density at radius 3 is 2.61 bits per heavy atom. The first-order valence-corrected chi connectivity index (χ1v) is 9.35. The van der Waals surface area contributed by atoms with Crippen LogP contribution in [-0.2, 0) is 0 Å². The molecule has 23 heavy (non-hydrogen) atoms. The van der Waals surface area contributed by atoms with Gasteiger partial charge in [0.25, 0.3) is 0 Å². The number of halogens is 1. The van der Waals surface area contributed by atoms with Crippen molar-refractivity contribution in [1.82, 2.24) is 10.2 Å². The minimum atomic E-state index is 0.584. The van der Waals surface area contributed by atoms with Crippen LogP contribution in [0, 0.1) is 5.41 Å². The molecule has 126 valence electrons. The Morgan fingerprint density at radius 1 is 1.22 bits per heavy atom. The zero-order chi connectivity index (χ0) is 15.9. The number of ether oxygens (including phenoxy) is 1. The molecule has 0 amide bonds. The van der Waals surface area contributed by atoms with E-state index in [-0.39, 0.29) is 0 Å². The molecule has 1 atom stereocenters. The largest absolute Gasteiger partial charge is 0.496 e. The number of likely N-dealkylation sites (tertiary alicyclic amines) is 1. The summed E-state index contributed by atoms with van der Waals surface area (Å²) in [7, 11) is 1.76. The van der Waals surface area contributed by atoms with Crippen LogP contribution in [0.2, 0.25) is 5.02 Å². The summed E-state index contributed by atoms with van der Waals surface area (Å²) in [5, 5.41) is 4.29. The molecule has 4 heteroatoms. The molecule has 0 aromatic heterocycles. The highest BCUT2D eigenvalue weighted by Gasteiger charge is 2.45. The molecule has 1 saturated carbocycles. The molecule has 1 aliphatic carbocycles. The standard InChI is InChI=1S/C19H27ClN2O/c1-23-18-3-2-15(20)10-17(18)14-5-8-22(9-6-14)16-4-7-19(11-16)12-21-13-19/h2-3,10,14,16,21H,4-9,11-13H2,1H3. The molecular weight excluding hydrogens is 308 g/mol. The maximum absolute atomic E-state index is 6.21. The van der Waals surface area contributed by atoms with Crippen molar-refractivity contribution in [1.29, 1.82) is 0 Å². The van der Waals surface area contributed by atoms with Gasteiger partial charge in [-0.1, -0.05) is 11.6 Å². The van der Waals surface area contributed by atoms with E-state index in [1.165, 1.54) is 63.8 Å². The fraction of sp³-hybridized carbons (Fsp3) is 0.684. The van der Waals surface area contributed by atoms with Crippen LogP contribution >= 0.6 is 11.6 Å². The van der Waals surface area contributed by atoms with E-state index >= 15 is 0 Å². The number of benzene rings is 1. The van der Waals surface area contributed by atoms with Crippen molar-refractivity contribution in [2.45, 2.75) is 44.1 Å². The first-order valence-electron chi connectivity index (χ1n) is 8.97. The number of methoxy groups -OCH3 is 1. The number of nitrogens with zero attached hydrogens (tertiary/aromatic N) is 1. The van der Waals surface area contributed by atoms with Gasteiger partial charge in [-0.15, -0.1) is 0 Å². The van der Waals surface area contributed by atoms with E-state index in [1.807, 2.05) is 12.1 Å². The minimum absolute atomic E-state index is 0.584. The van der Waals surface area contributed by atoms with Crippen molar-refractivity contribution in [3.05, 3.63) is 28.8 Å². The van der Waals surface area contributed by atoms with E-state index < -0.39 is 0 Å². The fourth-order valence-electron chi connectivity index (χ4n) is 4.89. The highest BCUT2D eigenvalue weighted by atomic mass is 35.5. The third-order valence-electron chi connectivity index (χ3n) is 6.35. The van der Waals surface area contributed by atoms with Crippen LogP contribution in [0.25, 0.3) is 0 Å². The Kier molecular flexibility index (Phi) is 4.29. The van der Waals surface area contributed by atoms with E-state index in [2.05, 4.69) is 16.3 Å². The molecule has 1 spiro atoms. The lowest BCUT2D eigenvalue weighted by Crippen LogP contribution is -2.52. The van der Waals surface area contributed by atoms with Gasteiger partial charge in [-0.2, -0.15) is 0 Å². The van der Waals surface area contributed by atoms with Gasteiger partial charge in [0.2, 0.25) is 0 Å². The van der Waals surface area contributed by atoms with Crippen molar-refractivity contribution in [3.8, 4) is 5.75 Å². The fourth-order valence-corrected chi connectivity index (χ4v) is 5.07. The molecule has 0 radical (unpaired) electrons. The van der Waals surface area contributed by atoms with Gasteiger partial charge in [0.1, 0.15) is 5.75 Å². The molecule has 2 saturated heterocycles. The molecule has 2 heterocycles. The second-order valence-electron chi connectivity index (χ2n) is 7.70. The molecule has 4 rings (SSSR count). The average Bonchev–Trinajstić information content (AvgIpc) is 3.01. The summed E-state index contributed by atoms with van der Waals surface area (Å²) in [5.74, 6) is 1.58. The van der Waals surface area contributed by atoms with Crippen molar-refractivity contribution >= 4 is 11.6 Å². The molecule has 1 N–H and O–H groups in total. The summed E-state index contributed by atoms with van der Waals surface area (Å²) in [5.41, 5.74) is 1.95. The van der Waals surface area contributed by atoms with Gasteiger partial charge in [0.05, 0.1) is 7.11 Å². The van der Waals surface area contributed by atoms with E-state index in [0.717, 1.165) is 16.8 Å². The molecular formula is C19H27ClN2O. The Morgan fingerprint density at radius 2 is 2.00 bits per heavy atom. The lowest BCUT2D eigenvalue weighted by atomic mass is 9.80. The molecule has 3 nitrogen and oxygen atoms in total. The Bertz CT molecular complexity index is 564. The highest BCUT2D eigenvalue weighted by molar-refractivity contribution is 6.30. The predicted molar refractivity (Wildman–Crippen MR) is 94.5 cm³/mol. The quantitative estimate of drug-likeness (QED) is 0.912. The van der Waals surface area contributed by atoms with Crippen LogP contribution in [0.15, 0.2) is 18.2 Å². The number of rotatable bonds is 3. The third kappa shape index (κ3) is 2.99. The van der Waals surface area contributed by atoms with Gasteiger partial charge in [-0.25, -0.2) is 0 Å². The molecule has 0 bridgehead atoms. The summed E-state index contributed by atoms with van der Waals surface area (Å²) >= 11 is 6.21. The van der Waals surface area contributed by atoms with Gasteiger partial charge < -0.3 is 15.0 Å². The number of piperidine rings is 1.